The molecule has 0 aliphatic carbocycles. The van der Waals surface area contributed by atoms with Gasteiger partial charge in [0.1, 0.15) is 5.76 Å². The predicted molar refractivity (Wildman–Crippen MR) is 94.0 cm³/mol. The van der Waals surface area contributed by atoms with Crippen LogP contribution in [-0.2, 0) is 16.1 Å². The van der Waals surface area contributed by atoms with Crippen LogP contribution >= 0.6 is 11.6 Å². The van der Waals surface area contributed by atoms with Crippen LogP contribution in [0.15, 0.2) is 34.9 Å². The molecule has 1 N–H and O–H groups in total. The fourth-order valence-electron chi connectivity index (χ4n) is 2.45. The smallest absolute Gasteiger partial charge is 0.226 e. The Hall–Kier alpha value is -2.27. The minimum atomic E-state index is -0.186. The lowest BCUT2D eigenvalue weighted by Gasteiger charge is -2.20. The number of furan rings is 1. The second kappa shape index (κ2) is 8.02. The third-order valence-electron chi connectivity index (χ3n) is 3.68. The molecule has 1 heterocycles. The van der Waals surface area contributed by atoms with Crippen LogP contribution in [0.1, 0.15) is 30.2 Å². The van der Waals surface area contributed by atoms with Crippen LogP contribution in [0.4, 0.5) is 5.69 Å². The lowest BCUT2D eigenvalue weighted by molar-refractivity contribution is -0.130. The molecule has 1 aromatic carbocycles. The molecule has 5 nitrogen and oxygen atoms in total. The second-order valence-corrected chi connectivity index (χ2v) is 6.16. The molecule has 0 unspecified atom stereocenters. The predicted octanol–water partition coefficient (Wildman–Crippen LogP) is 3.93. The third-order valence-corrected chi connectivity index (χ3v) is 3.98. The molecule has 2 amide bonds. The summed E-state index contributed by atoms with van der Waals surface area (Å²) < 4.78 is 5.25. The van der Waals surface area contributed by atoms with Crippen molar-refractivity contribution in [1.82, 2.24) is 4.90 Å². The van der Waals surface area contributed by atoms with E-state index in [4.69, 9.17) is 16.0 Å². The van der Waals surface area contributed by atoms with E-state index in [9.17, 15) is 9.59 Å². The molecule has 128 valence electrons. The highest BCUT2D eigenvalue weighted by Gasteiger charge is 2.14. The minimum Gasteiger partial charge on any atom is -0.467 e. The van der Waals surface area contributed by atoms with E-state index >= 15 is 0 Å². The van der Waals surface area contributed by atoms with Gasteiger partial charge >= 0.3 is 0 Å². The zero-order chi connectivity index (χ0) is 17.7. The van der Waals surface area contributed by atoms with Gasteiger partial charge in [-0.15, -0.1) is 0 Å². The summed E-state index contributed by atoms with van der Waals surface area (Å²) in [6.07, 6.45) is 1.74. The SMILES string of the molecule is CC(=O)N(CCC(=O)Nc1c(C)cc(C)cc1Cl)Cc1ccco1. The molecule has 0 saturated heterocycles. The minimum absolute atomic E-state index is 0.108. The lowest BCUT2D eigenvalue weighted by atomic mass is 10.1. The zero-order valence-electron chi connectivity index (χ0n) is 14.1. The maximum atomic E-state index is 12.2. The summed E-state index contributed by atoms with van der Waals surface area (Å²) in [4.78, 5) is 25.5. The maximum Gasteiger partial charge on any atom is 0.226 e. The number of anilines is 1. The zero-order valence-corrected chi connectivity index (χ0v) is 14.8. The highest BCUT2D eigenvalue weighted by atomic mass is 35.5. The standard InChI is InChI=1S/C18H21ClN2O3/c1-12-9-13(2)18(16(19)10-12)20-17(23)6-7-21(14(3)22)11-15-5-4-8-24-15/h4-5,8-10H,6-7,11H2,1-3H3,(H,20,23). The summed E-state index contributed by atoms with van der Waals surface area (Å²) in [5.74, 6) is 0.390. The Kier molecular flexibility index (Phi) is 6.04. The fraction of sp³-hybridized carbons (Fsp3) is 0.333. The van der Waals surface area contributed by atoms with E-state index in [1.165, 1.54) is 6.92 Å². The first-order valence-electron chi connectivity index (χ1n) is 7.71. The van der Waals surface area contributed by atoms with Gasteiger partial charge in [-0.1, -0.05) is 17.7 Å². The first-order valence-corrected chi connectivity index (χ1v) is 8.09. The lowest BCUT2D eigenvalue weighted by Crippen LogP contribution is -2.31. The quantitative estimate of drug-likeness (QED) is 0.860. The van der Waals surface area contributed by atoms with Crippen molar-refractivity contribution in [2.24, 2.45) is 0 Å². The first kappa shape index (κ1) is 18.1. The van der Waals surface area contributed by atoms with Crippen molar-refractivity contribution in [3.8, 4) is 0 Å². The van der Waals surface area contributed by atoms with Crippen molar-refractivity contribution >= 4 is 29.1 Å². The van der Waals surface area contributed by atoms with Gasteiger partial charge in [-0.25, -0.2) is 0 Å². The van der Waals surface area contributed by atoms with Crippen molar-refractivity contribution in [1.29, 1.82) is 0 Å². The van der Waals surface area contributed by atoms with Crippen LogP contribution in [0.5, 0.6) is 0 Å². The summed E-state index contributed by atoms with van der Waals surface area (Å²) in [5.41, 5.74) is 2.57. The summed E-state index contributed by atoms with van der Waals surface area (Å²) in [7, 11) is 0. The Morgan fingerprint density at radius 2 is 2.04 bits per heavy atom. The molecule has 0 aliphatic rings. The second-order valence-electron chi connectivity index (χ2n) is 5.76. The summed E-state index contributed by atoms with van der Waals surface area (Å²) >= 11 is 6.20. The Bertz CT molecular complexity index is 703. The molecule has 2 rings (SSSR count). The van der Waals surface area contributed by atoms with Gasteiger partial charge in [-0.05, 0) is 43.2 Å². The Morgan fingerprint density at radius 1 is 1.29 bits per heavy atom. The van der Waals surface area contributed by atoms with Crippen LogP contribution in [0.3, 0.4) is 0 Å². The van der Waals surface area contributed by atoms with Gasteiger partial charge in [0.15, 0.2) is 0 Å². The average Bonchev–Trinajstić information content (AvgIpc) is 3.00. The van der Waals surface area contributed by atoms with E-state index < -0.39 is 0 Å². The van der Waals surface area contributed by atoms with Crippen molar-refractivity contribution in [2.75, 3.05) is 11.9 Å². The fourth-order valence-corrected chi connectivity index (χ4v) is 2.82. The van der Waals surface area contributed by atoms with Gasteiger partial charge in [0.05, 0.1) is 23.5 Å². The summed E-state index contributed by atoms with van der Waals surface area (Å²) in [6.45, 7) is 5.98. The van der Waals surface area contributed by atoms with Crippen molar-refractivity contribution in [3.05, 3.63) is 52.4 Å². The maximum absolute atomic E-state index is 12.2. The van der Waals surface area contributed by atoms with Gasteiger partial charge in [0.2, 0.25) is 11.8 Å². The number of benzene rings is 1. The van der Waals surface area contributed by atoms with Crippen LogP contribution in [-0.4, -0.2) is 23.3 Å². The molecule has 24 heavy (non-hydrogen) atoms. The molecule has 0 spiro atoms. The van der Waals surface area contributed by atoms with Crippen LogP contribution in [0, 0.1) is 13.8 Å². The van der Waals surface area contributed by atoms with E-state index in [-0.39, 0.29) is 18.2 Å². The molecule has 0 atom stereocenters. The van der Waals surface area contributed by atoms with Crippen molar-refractivity contribution in [2.45, 2.75) is 33.7 Å². The Balaban J connectivity index is 1.95. The van der Waals surface area contributed by atoms with Crippen molar-refractivity contribution < 1.29 is 14.0 Å². The number of rotatable bonds is 6. The van der Waals surface area contributed by atoms with E-state index in [2.05, 4.69) is 5.32 Å². The molecule has 0 radical (unpaired) electrons. The van der Waals surface area contributed by atoms with Gasteiger partial charge in [-0.3, -0.25) is 9.59 Å². The highest BCUT2D eigenvalue weighted by molar-refractivity contribution is 6.34. The number of aryl methyl sites for hydroxylation is 2. The summed E-state index contributed by atoms with van der Waals surface area (Å²) in [5, 5.41) is 3.34. The van der Waals surface area contributed by atoms with Crippen LogP contribution in [0.25, 0.3) is 0 Å². The molecule has 1 aromatic heterocycles. The monoisotopic (exact) mass is 348 g/mol. The topological polar surface area (TPSA) is 62.6 Å². The van der Waals surface area contributed by atoms with Gasteiger partial charge < -0.3 is 14.6 Å². The van der Waals surface area contributed by atoms with Crippen molar-refractivity contribution in [3.63, 3.8) is 0 Å². The number of nitrogens with zero attached hydrogens (tertiary/aromatic N) is 1. The van der Waals surface area contributed by atoms with E-state index in [1.807, 2.05) is 26.0 Å². The number of carbonyl (C=O) groups is 2. The Labute approximate surface area is 146 Å². The van der Waals surface area contributed by atoms with E-state index in [0.717, 1.165) is 11.1 Å². The molecule has 0 aliphatic heterocycles. The number of halogens is 1. The molecular weight excluding hydrogens is 328 g/mol. The highest BCUT2D eigenvalue weighted by Crippen LogP contribution is 2.27. The van der Waals surface area contributed by atoms with Gasteiger partial charge in [0.25, 0.3) is 0 Å². The average molecular weight is 349 g/mol. The molecule has 6 heteroatoms. The number of hydrogen-bond acceptors (Lipinski definition) is 3. The number of amides is 2. The van der Waals surface area contributed by atoms with Crippen LogP contribution in [0.2, 0.25) is 5.02 Å². The van der Waals surface area contributed by atoms with Gasteiger partial charge in [-0.2, -0.15) is 0 Å². The molecule has 2 aromatic rings. The molecular formula is C18H21ClN2O3. The normalized spacial score (nSPS) is 10.5. The first-order chi connectivity index (χ1) is 11.4. The van der Waals surface area contributed by atoms with Crippen LogP contribution < -0.4 is 5.32 Å². The largest absolute Gasteiger partial charge is 0.467 e. The van der Waals surface area contributed by atoms with E-state index in [1.54, 1.807) is 23.3 Å². The Morgan fingerprint density at radius 3 is 2.62 bits per heavy atom. The molecule has 0 saturated carbocycles. The van der Waals surface area contributed by atoms with E-state index in [0.29, 0.717) is 29.6 Å². The number of hydrogen-bond donors (Lipinski definition) is 1. The number of carbonyl (C=O) groups excluding carboxylic acids is 2. The van der Waals surface area contributed by atoms with Gasteiger partial charge in [0, 0.05) is 19.9 Å². The molecule has 0 fully saturated rings. The molecule has 0 bridgehead atoms. The third kappa shape index (κ3) is 4.86. The number of nitrogens with one attached hydrogen (secondary N) is 1. The summed E-state index contributed by atoms with van der Waals surface area (Å²) in [6, 6.07) is 7.33.